The molecule has 0 nitrogen and oxygen atoms in total. The van der Waals surface area contributed by atoms with Crippen LogP contribution in [-0.4, -0.2) is 32.4 Å². The van der Waals surface area contributed by atoms with E-state index in [1.165, 1.54) is 42.4 Å². The molecule has 0 aromatic heterocycles. The van der Waals surface area contributed by atoms with Gasteiger partial charge in [0.1, 0.15) is 0 Å². The van der Waals surface area contributed by atoms with Crippen LogP contribution in [0.15, 0.2) is 0 Å². The fourth-order valence-corrected chi connectivity index (χ4v) is 2.69. The Kier molecular flexibility index (Phi) is 7.71. The first-order valence-corrected chi connectivity index (χ1v) is 4.91. The molecule has 0 N–H and O–H groups in total. The minimum absolute atomic E-state index is 1.35. The van der Waals surface area contributed by atoms with Crippen molar-refractivity contribution >= 4 is 50.5 Å². The molecular weight excluding hydrogens is 186 g/mol. The van der Waals surface area contributed by atoms with Gasteiger partial charge >= 0.3 is 65.0 Å². The van der Waals surface area contributed by atoms with E-state index in [1.54, 1.807) is 0 Å². The second-order valence-electron chi connectivity index (χ2n) is 1.04. The van der Waals surface area contributed by atoms with Crippen LogP contribution in [0.5, 0.6) is 0 Å². The van der Waals surface area contributed by atoms with Crippen molar-refractivity contribution in [2.45, 2.75) is 10.1 Å². The number of hydrogen-bond donors (Lipinski definition) is 0. The first-order valence-electron chi connectivity index (χ1n) is 1.97. The Hall–Kier alpha value is 1.73. The molecule has 0 bridgehead atoms. The molecule has 5 heavy (non-hydrogen) atoms. The molecule has 0 saturated carbocycles. The normalized spacial score (nSPS) is 8.60. The van der Waals surface area contributed by atoms with Crippen LogP contribution in [0.2, 0.25) is 3.67 Å². The van der Waals surface area contributed by atoms with E-state index < -0.39 is 0 Å². The topological polar surface area (TPSA) is 0 Å². The second-order valence-corrected chi connectivity index (χ2v) is 3.12. The zero-order valence-electron chi connectivity index (χ0n) is 3.50. The quantitative estimate of drug-likeness (QED) is 0.352. The molecule has 0 aliphatic carbocycles. The Labute approximate surface area is 64.3 Å². The molecule has 0 rings (SSSR count). The van der Waals surface area contributed by atoms with Crippen molar-refractivity contribution in [1.82, 2.24) is 0 Å². The summed E-state index contributed by atoms with van der Waals surface area (Å²) in [6, 6.07) is 0. The Bertz CT molecular complexity index is 14.4. The van der Waals surface area contributed by atoms with Crippen molar-refractivity contribution in [2.75, 3.05) is 4.43 Å². The van der Waals surface area contributed by atoms with Crippen molar-refractivity contribution in [3.8, 4) is 0 Å². The second kappa shape index (κ2) is 5.73. The molecule has 0 aliphatic heterocycles. The number of alkyl halides is 1. The molecule has 0 heterocycles. The zero-order valence-corrected chi connectivity index (χ0v) is 7.66. The van der Waals surface area contributed by atoms with E-state index in [1.807, 2.05) is 0 Å². The van der Waals surface area contributed by atoms with Crippen LogP contribution in [-0.2, 0) is 0 Å². The Balaban J connectivity index is 2.19. The third-order valence-electron chi connectivity index (χ3n) is 0.487. The van der Waals surface area contributed by atoms with Gasteiger partial charge in [-0.1, -0.05) is 0 Å². The Morgan fingerprint density at radius 1 is 1.60 bits per heavy atom. The van der Waals surface area contributed by atoms with Crippen LogP contribution < -0.4 is 0 Å². The third-order valence-corrected chi connectivity index (χ3v) is 1.96. The predicted molar refractivity (Wildman–Crippen MR) is 34.1 cm³/mol. The first kappa shape index (κ1) is 6.73. The molecule has 0 radical (unpaired) electrons. The fourth-order valence-electron chi connectivity index (χ4n) is 0.134. The van der Waals surface area contributed by atoms with Gasteiger partial charge in [0.2, 0.25) is 0 Å². The van der Waals surface area contributed by atoms with E-state index in [-0.39, 0.29) is 0 Å². The maximum atomic E-state index is 2.41. The van der Waals surface area contributed by atoms with E-state index in [4.69, 9.17) is 0 Å². The standard InChI is InChI=1S/C3H6I.Na/c1-2-3-4;/h1-3H2;. The summed E-state index contributed by atoms with van der Waals surface area (Å²) in [7, 11) is 0. The van der Waals surface area contributed by atoms with Gasteiger partial charge < -0.3 is 0 Å². The van der Waals surface area contributed by atoms with Crippen molar-refractivity contribution < 1.29 is 0 Å². The minimum atomic E-state index is 1.35. The number of hydrogen-bond acceptors (Lipinski definition) is 0. The first-order chi connectivity index (χ1) is 2.41. The third kappa shape index (κ3) is 5.73. The Morgan fingerprint density at radius 3 is 2.20 bits per heavy atom. The number of rotatable bonds is 2. The van der Waals surface area contributed by atoms with Gasteiger partial charge in [-0.3, -0.25) is 0 Å². The molecule has 26 valence electrons. The molecular formula is C3H6INa. The van der Waals surface area contributed by atoms with Gasteiger partial charge in [-0.15, -0.1) is 0 Å². The van der Waals surface area contributed by atoms with Crippen LogP contribution in [0.25, 0.3) is 0 Å². The fraction of sp³-hybridized carbons (Fsp3) is 1.00. The molecule has 0 fully saturated rings. The van der Waals surface area contributed by atoms with Crippen LogP contribution in [0.3, 0.4) is 0 Å². The molecule has 0 unspecified atom stereocenters. The predicted octanol–water partition coefficient (Wildman–Crippen LogP) is 1.40. The average molecular weight is 192 g/mol. The van der Waals surface area contributed by atoms with Crippen LogP contribution in [0, 0.1) is 0 Å². The molecule has 0 saturated heterocycles. The molecule has 0 atom stereocenters. The summed E-state index contributed by atoms with van der Waals surface area (Å²) in [6.07, 6.45) is 1.44. The van der Waals surface area contributed by atoms with E-state index >= 15 is 0 Å². The van der Waals surface area contributed by atoms with E-state index in [2.05, 4.69) is 22.6 Å². The van der Waals surface area contributed by atoms with E-state index in [0.29, 0.717) is 0 Å². The van der Waals surface area contributed by atoms with E-state index in [9.17, 15) is 0 Å². The summed E-state index contributed by atoms with van der Waals surface area (Å²) < 4.78 is 2.82. The van der Waals surface area contributed by atoms with Gasteiger partial charge in [0.05, 0.1) is 0 Å². The van der Waals surface area contributed by atoms with Gasteiger partial charge in [-0.05, 0) is 0 Å². The molecule has 0 spiro atoms. The van der Waals surface area contributed by atoms with Gasteiger partial charge in [0, 0.05) is 0 Å². The van der Waals surface area contributed by atoms with Crippen LogP contribution >= 0.6 is 22.6 Å². The number of halogens is 1. The van der Waals surface area contributed by atoms with Crippen molar-refractivity contribution in [2.24, 2.45) is 0 Å². The molecule has 0 amide bonds. The summed E-state index contributed by atoms with van der Waals surface area (Å²) in [6.45, 7) is 0. The summed E-state index contributed by atoms with van der Waals surface area (Å²) >= 11 is 3.80. The van der Waals surface area contributed by atoms with Crippen molar-refractivity contribution in [1.29, 1.82) is 0 Å². The van der Waals surface area contributed by atoms with E-state index in [0.717, 1.165) is 0 Å². The van der Waals surface area contributed by atoms with Gasteiger partial charge in [-0.2, -0.15) is 0 Å². The SMILES string of the molecule is [Na][CH2]CCI. The zero-order chi connectivity index (χ0) is 4.12. The summed E-state index contributed by atoms with van der Waals surface area (Å²) in [5.41, 5.74) is 0. The summed E-state index contributed by atoms with van der Waals surface area (Å²) in [5, 5.41) is 0. The van der Waals surface area contributed by atoms with Crippen molar-refractivity contribution in [3.63, 3.8) is 0 Å². The van der Waals surface area contributed by atoms with Crippen LogP contribution in [0.4, 0.5) is 0 Å². The molecule has 2 heteroatoms. The monoisotopic (exact) mass is 192 g/mol. The van der Waals surface area contributed by atoms with Gasteiger partial charge in [0.25, 0.3) is 0 Å². The molecule has 0 aromatic carbocycles. The van der Waals surface area contributed by atoms with Crippen LogP contribution in [0.1, 0.15) is 6.42 Å². The summed E-state index contributed by atoms with van der Waals surface area (Å²) in [4.78, 5) is 0. The van der Waals surface area contributed by atoms with Gasteiger partial charge in [0.15, 0.2) is 0 Å². The average Bonchev–Trinajstić information content (AvgIpc) is 1.41. The molecule has 0 aliphatic rings. The maximum absolute atomic E-state index is 2.41. The Morgan fingerprint density at radius 2 is 2.20 bits per heavy atom. The van der Waals surface area contributed by atoms with Crippen molar-refractivity contribution in [3.05, 3.63) is 0 Å². The summed E-state index contributed by atoms with van der Waals surface area (Å²) in [5.74, 6) is 0. The molecule has 0 aromatic rings. The van der Waals surface area contributed by atoms with Gasteiger partial charge in [-0.25, -0.2) is 0 Å².